The number of hydrogen-bond acceptors (Lipinski definition) is 3. The number of hydrogen-bond donors (Lipinski definition) is 0. The van der Waals surface area contributed by atoms with Crippen LogP contribution in [-0.2, 0) is 16.4 Å². The van der Waals surface area contributed by atoms with Crippen LogP contribution in [0.2, 0.25) is 0 Å². The lowest BCUT2D eigenvalue weighted by atomic mass is 10.2. The SMILES string of the molecule is CCCc1cc2nc(C)ccc2n1S(=O)(=O)c1ccccc1. The molecule has 114 valence electrons. The first-order valence-corrected chi connectivity index (χ1v) is 8.76. The number of benzene rings is 1. The minimum atomic E-state index is -3.61. The Balaban J connectivity index is 2.31. The number of fused-ring (bicyclic) bond motifs is 1. The van der Waals surface area contributed by atoms with Crippen LogP contribution in [-0.4, -0.2) is 17.4 Å². The van der Waals surface area contributed by atoms with Crippen LogP contribution in [0.15, 0.2) is 53.4 Å². The van der Waals surface area contributed by atoms with Crippen molar-refractivity contribution in [1.29, 1.82) is 0 Å². The fraction of sp³-hybridized carbons (Fsp3) is 0.235. The van der Waals surface area contributed by atoms with Crippen molar-refractivity contribution in [3.8, 4) is 0 Å². The Morgan fingerprint density at radius 1 is 1.09 bits per heavy atom. The Kier molecular flexibility index (Phi) is 3.74. The maximum absolute atomic E-state index is 13.0. The van der Waals surface area contributed by atoms with Crippen LogP contribution in [0.3, 0.4) is 0 Å². The zero-order valence-corrected chi connectivity index (χ0v) is 13.5. The highest BCUT2D eigenvalue weighted by Gasteiger charge is 2.22. The molecule has 0 aliphatic carbocycles. The number of rotatable bonds is 4. The first kappa shape index (κ1) is 14.8. The number of pyridine rings is 1. The Bertz CT molecular complexity index is 912. The summed E-state index contributed by atoms with van der Waals surface area (Å²) < 4.78 is 27.5. The van der Waals surface area contributed by atoms with E-state index in [1.165, 1.54) is 3.97 Å². The molecule has 0 fully saturated rings. The van der Waals surface area contributed by atoms with Crippen LogP contribution in [0.25, 0.3) is 11.0 Å². The first-order valence-electron chi connectivity index (χ1n) is 7.32. The van der Waals surface area contributed by atoms with Gasteiger partial charge in [0.2, 0.25) is 0 Å². The molecule has 0 unspecified atom stereocenters. The molecule has 0 aliphatic heterocycles. The van der Waals surface area contributed by atoms with Crippen LogP contribution in [0.1, 0.15) is 24.7 Å². The van der Waals surface area contributed by atoms with Crippen molar-refractivity contribution in [2.24, 2.45) is 0 Å². The van der Waals surface area contributed by atoms with E-state index in [-0.39, 0.29) is 0 Å². The van der Waals surface area contributed by atoms with Crippen molar-refractivity contribution in [2.75, 3.05) is 0 Å². The van der Waals surface area contributed by atoms with Crippen molar-refractivity contribution in [1.82, 2.24) is 8.96 Å². The van der Waals surface area contributed by atoms with E-state index in [0.29, 0.717) is 16.8 Å². The standard InChI is InChI=1S/C17H18N2O2S/c1-3-7-14-12-16-17(11-10-13(2)18-16)19(14)22(20,21)15-8-5-4-6-9-15/h4-6,8-12H,3,7H2,1-2H3. The monoisotopic (exact) mass is 314 g/mol. The molecule has 2 heterocycles. The number of nitrogens with zero attached hydrogens (tertiary/aromatic N) is 2. The van der Waals surface area contributed by atoms with Gasteiger partial charge in [0.15, 0.2) is 0 Å². The van der Waals surface area contributed by atoms with Gasteiger partial charge in [-0.1, -0.05) is 31.5 Å². The van der Waals surface area contributed by atoms with Gasteiger partial charge in [0.05, 0.1) is 15.9 Å². The summed E-state index contributed by atoms with van der Waals surface area (Å²) in [6, 6.07) is 14.1. The van der Waals surface area contributed by atoms with E-state index in [4.69, 9.17) is 0 Å². The second kappa shape index (κ2) is 5.57. The lowest BCUT2D eigenvalue weighted by Crippen LogP contribution is -2.15. The molecule has 0 atom stereocenters. The zero-order valence-electron chi connectivity index (χ0n) is 12.7. The summed E-state index contributed by atoms with van der Waals surface area (Å²) in [6.07, 6.45) is 1.57. The molecule has 2 aromatic heterocycles. The van der Waals surface area contributed by atoms with Gasteiger partial charge in [-0.15, -0.1) is 0 Å². The minimum Gasteiger partial charge on any atom is -0.251 e. The maximum Gasteiger partial charge on any atom is 0.268 e. The predicted octanol–water partition coefficient (Wildman–Crippen LogP) is 3.53. The Hall–Kier alpha value is -2.14. The van der Waals surface area contributed by atoms with E-state index >= 15 is 0 Å². The van der Waals surface area contributed by atoms with Gasteiger partial charge in [-0.05, 0) is 43.7 Å². The van der Waals surface area contributed by atoms with Gasteiger partial charge in [-0.3, -0.25) is 4.98 Å². The molecular weight excluding hydrogens is 296 g/mol. The largest absolute Gasteiger partial charge is 0.268 e. The first-order chi connectivity index (χ1) is 10.5. The molecule has 1 aromatic carbocycles. The molecule has 3 aromatic rings. The highest BCUT2D eigenvalue weighted by molar-refractivity contribution is 7.90. The van der Waals surface area contributed by atoms with E-state index in [1.54, 1.807) is 24.3 Å². The lowest BCUT2D eigenvalue weighted by Gasteiger charge is -2.11. The van der Waals surface area contributed by atoms with Gasteiger partial charge in [-0.2, -0.15) is 0 Å². The van der Waals surface area contributed by atoms with E-state index < -0.39 is 10.0 Å². The summed E-state index contributed by atoms with van der Waals surface area (Å²) in [4.78, 5) is 4.76. The Morgan fingerprint density at radius 3 is 2.50 bits per heavy atom. The highest BCUT2D eigenvalue weighted by Crippen LogP contribution is 2.25. The Morgan fingerprint density at radius 2 is 1.82 bits per heavy atom. The fourth-order valence-corrected chi connectivity index (χ4v) is 4.21. The molecule has 0 bridgehead atoms. The van der Waals surface area contributed by atoms with Gasteiger partial charge in [-0.25, -0.2) is 12.4 Å². The minimum absolute atomic E-state index is 0.297. The molecule has 0 N–H and O–H groups in total. The average molecular weight is 314 g/mol. The quantitative estimate of drug-likeness (QED) is 0.740. The predicted molar refractivity (Wildman–Crippen MR) is 87.5 cm³/mol. The molecule has 0 saturated carbocycles. The molecule has 0 spiro atoms. The second-order valence-corrected chi connectivity index (χ2v) is 7.11. The average Bonchev–Trinajstić information content (AvgIpc) is 2.86. The summed E-state index contributed by atoms with van der Waals surface area (Å²) in [6.45, 7) is 3.94. The van der Waals surface area contributed by atoms with Crippen molar-refractivity contribution < 1.29 is 8.42 Å². The van der Waals surface area contributed by atoms with Crippen LogP contribution in [0.4, 0.5) is 0 Å². The number of aromatic nitrogens is 2. The van der Waals surface area contributed by atoms with Crippen LogP contribution < -0.4 is 0 Å². The van der Waals surface area contributed by atoms with E-state index in [9.17, 15) is 8.42 Å². The molecule has 4 nitrogen and oxygen atoms in total. The van der Waals surface area contributed by atoms with Crippen molar-refractivity contribution in [3.63, 3.8) is 0 Å². The molecule has 0 aliphatic rings. The van der Waals surface area contributed by atoms with E-state index in [0.717, 1.165) is 23.3 Å². The molecule has 5 heteroatoms. The number of aryl methyl sites for hydroxylation is 2. The van der Waals surface area contributed by atoms with E-state index in [2.05, 4.69) is 4.98 Å². The summed E-state index contributed by atoms with van der Waals surface area (Å²) in [5.41, 5.74) is 3.02. The topological polar surface area (TPSA) is 52.0 Å². The van der Waals surface area contributed by atoms with Crippen molar-refractivity contribution in [3.05, 3.63) is 59.9 Å². The molecule has 0 amide bonds. The van der Waals surface area contributed by atoms with Crippen LogP contribution >= 0.6 is 0 Å². The lowest BCUT2D eigenvalue weighted by molar-refractivity contribution is 0.586. The zero-order chi connectivity index (χ0) is 15.7. The third-order valence-corrected chi connectivity index (χ3v) is 5.39. The van der Waals surface area contributed by atoms with Crippen molar-refractivity contribution >= 4 is 21.1 Å². The van der Waals surface area contributed by atoms with Crippen LogP contribution in [0.5, 0.6) is 0 Å². The third kappa shape index (κ3) is 2.41. The van der Waals surface area contributed by atoms with Gasteiger partial charge in [0.25, 0.3) is 10.0 Å². The summed E-state index contributed by atoms with van der Waals surface area (Å²) >= 11 is 0. The molecule has 22 heavy (non-hydrogen) atoms. The normalized spacial score (nSPS) is 11.9. The molecule has 0 radical (unpaired) electrons. The Labute approximate surface area is 130 Å². The van der Waals surface area contributed by atoms with Gasteiger partial charge in [0.1, 0.15) is 0 Å². The van der Waals surface area contributed by atoms with E-state index in [1.807, 2.05) is 38.1 Å². The van der Waals surface area contributed by atoms with Crippen LogP contribution in [0, 0.1) is 6.92 Å². The van der Waals surface area contributed by atoms with Gasteiger partial charge >= 0.3 is 0 Å². The smallest absolute Gasteiger partial charge is 0.251 e. The highest BCUT2D eigenvalue weighted by atomic mass is 32.2. The molecule has 3 rings (SSSR count). The maximum atomic E-state index is 13.0. The summed E-state index contributed by atoms with van der Waals surface area (Å²) in [7, 11) is -3.61. The second-order valence-electron chi connectivity index (χ2n) is 5.33. The van der Waals surface area contributed by atoms with Gasteiger partial charge < -0.3 is 0 Å². The third-order valence-electron chi connectivity index (χ3n) is 3.61. The molecular formula is C17H18N2O2S. The van der Waals surface area contributed by atoms with Crippen molar-refractivity contribution in [2.45, 2.75) is 31.6 Å². The summed E-state index contributed by atoms with van der Waals surface area (Å²) in [5.74, 6) is 0. The fourth-order valence-electron chi connectivity index (χ4n) is 2.63. The molecule has 0 saturated heterocycles. The van der Waals surface area contributed by atoms with Gasteiger partial charge in [0, 0.05) is 11.4 Å². The summed E-state index contributed by atoms with van der Waals surface area (Å²) in [5, 5.41) is 0.